The molecular weight excluding hydrogens is 362 g/mol. The van der Waals surface area contributed by atoms with Crippen molar-refractivity contribution in [3.63, 3.8) is 0 Å². The highest BCUT2D eigenvalue weighted by molar-refractivity contribution is 7.10. The molecule has 0 radical (unpaired) electrons. The standard InChI is InChI=1S/C16H10ClN5O2S/c17-10-1-3-11(4-2-10)19-13-5-6-22-14(20-13)9(8-18-22)7-12-15(23)21-16(24)25-12/h1-8,23H,(H,21,24)/b9-7+,19-13?. The molecule has 4 rings (SSSR count). The third kappa shape index (κ3) is 3.17. The summed E-state index contributed by atoms with van der Waals surface area (Å²) in [6, 6.07) is 8.85. The summed E-state index contributed by atoms with van der Waals surface area (Å²) in [5.41, 5.74) is 1.81. The van der Waals surface area contributed by atoms with Crippen molar-refractivity contribution in [2.75, 3.05) is 0 Å². The van der Waals surface area contributed by atoms with Gasteiger partial charge in [0.15, 0.2) is 11.1 Å². The van der Waals surface area contributed by atoms with Gasteiger partial charge in [0.25, 0.3) is 0 Å². The Morgan fingerprint density at radius 3 is 2.80 bits per heavy atom. The topological polar surface area (TPSA) is 95.6 Å². The Balaban J connectivity index is 1.87. The first kappa shape index (κ1) is 15.6. The van der Waals surface area contributed by atoms with Crippen LogP contribution >= 0.6 is 22.9 Å². The highest BCUT2D eigenvalue weighted by Crippen LogP contribution is 2.16. The van der Waals surface area contributed by atoms with Crippen LogP contribution in [0.3, 0.4) is 0 Å². The van der Waals surface area contributed by atoms with E-state index in [1.54, 1.807) is 53.3 Å². The monoisotopic (exact) mass is 371 g/mol. The summed E-state index contributed by atoms with van der Waals surface area (Å²) >= 11 is 6.79. The Kier molecular flexibility index (Phi) is 3.83. The number of hydrogen-bond acceptors (Lipinski definition) is 6. The number of fused-ring (bicyclic) bond motifs is 1. The number of aromatic amines is 1. The molecule has 25 heavy (non-hydrogen) atoms. The molecule has 0 aliphatic heterocycles. The molecule has 2 N–H and O–H groups in total. The first-order chi connectivity index (χ1) is 12.1. The molecule has 0 saturated heterocycles. The quantitative estimate of drug-likeness (QED) is 0.559. The van der Waals surface area contributed by atoms with E-state index in [2.05, 4.69) is 20.1 Å². The zero-order valence-corrected chi connectivity index (χ0v) is 14.1. The van der Waals surface area contributed by atoms with E-state index < -0.39 is 0 Å². The number of nitrogens with zero attached hydrogens (tertiary/aromatic N) is 4. The summed E-state index contributed by atoms with van der Waals surface area (Å²) in [4.78, 5) is 22.7. The minimum Gasteiger partial charge on any atom is -0.493 e. The van der Waals surface area contributed by atoms with Crippen molar-refractivity contribution in [1.29, 1.82) is 0 Å². The van der Waals surface area contributed by atoms with Crippen molar-refractivity contribution in [3.05, 3.63) is 73.0 Å². The molecular formula is C16H10ClN5O2S. The van der Waals surface area contributed by atoms with Crippen LogP contribution < -0.4 is 15.6 Å². The summed E-state index contributed by atoms with van der Waals surface area (Å²) in [7, 11) is 0. The third-order valence-corrected chi connectivity index (χ3v) is 4.47. The molecule has 3 aromatic heterocycles. The molecule has 0 unspecified atom stereocenters. The van der Waals surface area contributed by atoms with Crippen LogP contribution in [0.5, 0.6) is 5.88 Å². The molecule has 0 atom stereocenters. The van der Waals surface area contributed by atoms with E-state index in [1.807, 2.05) is 0 Å². The number of thiazole rings is 1. The minimum atomic E-state index is -0.327. The van der Waals surface area contributed by atoms with Crippen LogP contribution in [-0.2, 0) is 0 Å². The summed E-state index contributed by atoms with van der Waals surface area (Å²) in [5, 5.41) is 15.2. The van der Waals surface area contributed by atoms with Gasteiger partial charge in [0.1, 0.15) is 0 Å². The molecule has 1 aromatic carbocycles. The molecule has 3 heterocycles. The molecule has 9 heteroatoms. The average Bonchev–Trinajstić information content (AvgIpc) is 3.13. The normalized spacial score (nSPS) is 13.0. The lowest BCUT2D eigenvalue weighted by Gasteiger charge is -1.95. The van der Waals surface area contributed by atoms with Gasteiger partial charge in [-0.05, 0) is 30.3 Å². The molecule has 7 nitrogen and oxygen atoms in total. The van der Waals surface area contributed by atoms with Gasteiger partial charge in [-0.15, -0.1) is 0 Å². The zero-order chi connectivity index (χ0) is 17.4. The summed E-state index contributed by atoms with van der Waals surface area (Å²) in [6.07, 6.45) is 5.01. The Bertz CT molecular complexity index is 1240. The smallest absolute Gasteiger partial charge is 0.307 e. The molecule has 4 aromatic rings. The number of hydrogen-bond donors (Lipinski definition) is 2. The number of aromatic hydroxyl groups is 1. The van der Waals surface area contributed by atoms with Crippen molar-refractivity contribution in [3.8, 4) is 5.88 Å². The average molecular weight is 372 g/mol. The Morgan fingerprint density at radius 1 is 1.28 bits per heavy atom. The van der Waals surface area contributed by atoms with Crippen molar-refractivity contribution >= 4 is 40.3 Å². The second-order valence-corrected chi connectivity index (χ2v) is 6.56. The lowest BCUT2D eigenvalue weighted by Crippen LogP contribution is -2.12. The van der Waals surface area contributed by atoms with Crippen LogP contribution in [0, 0.1) is 0 Å². The number of halogens is 1. The van der Waals surface area contributed by atoms with Crippen LogP contribution in [0.25, 0.3) is 11.7 Å². The van der Waals surface area contributed by atoms with Gasteiger partial charge in [-0.25, -0.2) is 14.5 Å². The fraction of sp³-hybridized carbons (Fsp3) is 0. The summed E-state index contributed by atoms with van der Waals surface area (Å²) in [5.74, 6) is -0.170. The highest BCUT2D eigenvalue weighted by atomic mass is 35.5. The Hall–Kier alpha value is -2.97. The Labute approximate surface area is 149 Å². The van der Waals surface area contributed by atoms with E-state index in [1.165, 1.54) is 0 Å². The third-order valence-electron chi connectivity index (χ3n) is 3.40. The highest BCUT2D eigenvalue weighted by Gasteiger charge is 2.05. The van der Waals surface area contributed by atoms with Gasteiger partial charge in [-0.2, -0.15) is 5.10 Å². The van der Waals surface area contributed by atoms with Crippen molar-refractivity contribution in [2.24, 2.45) is 4.99 Å². The number of nitrogens with one attached hydrogen (secondary N) is 1. The van der Waals surface area contributed by atoms with Crippen molar-refractivity contribution in [2.45, 2.75) is 0 Å². The zero-order valence-electron chi connectivity index (χ0n) is 12.5. The van der Waals surface area contributed by atoms with Gasteiger partial charge in [0.2, 0.25) is 5.88 Å². The lowest BCUT2D eigenvalue weighted by atomic mass is 10.3. The number of rotatable bonds is 2. The molecule has 0 saturated carbocycles. The van der Waals surface area contributed by atoms with Gasteiger partial charge in [0, 0.05) is 22.5 Å². The molecule has 0 amide bonds. The van der Waals surface area contributed by atoms with E-state index in [0.717, 1.165) is 17.0 Å². The first-order valence-electron chi connectivity index (χ1n) is 7.17. The maximum absolute atomic E-state index is 11.3. The first-order valence-corrected chi connectivity index (χ1v) is 8.36. The SMILES string of the molecule is O=c1[nH]c(O)c(/C=c2\cnn3ccc(=Nc4ccc(Cl)cc4)nc23)s1. The second-order valence-electron chi connectivity index (χ2n) is 5.11. The van der Waals surface area contributed by atoms with Gasteiger partial charge in [-0.3, -0.25) is 9.78 Å². The van der Waals surface area contributed by atoms with Crippen LogP contribution in [0.4, 0.5) is 5.69 Å². The largest absolute Gasteiger partial charge is 0.493 e. The number of H-pyrrole nitrogens is 1. The van der Waals surface area contributed by atoms with Gasteiger partial charge < -0.3 is 5.11 Å². The van der Waals surface area contributed by atoms with Crippen molar-refractivity contribution in [1.82, 2.24) is 19.6 Å². The lowest BCUT2D eigenvalue weighted by molar-refractivity contribution is 0.455. The van der Waals surface area contributed by atoms with E-state index in [-0.39, 0.29) is 10.8 Å². The van der Waals surface area contributed by atoms with E-state index >= 15 is 0 Å². The fourth-order valence-electron chi connectivity index (χ4n) is 2.26. The van der Waals surface area contributed by atoms with E-state index in [9.17, 15) is 9.90 Å². The molecule has 0 fully saturated rings. The minimum absolute atomic E-state index is 0.170. The predicted molar refractivity (Wildman–Crippen MR) is 95.1 cm³/mol. The molecule has 0 bridgehead atoms. The van der Waals surface area contributed by atoms with Crippen molar-refractivity contribution < 1.29 is 5.11 Å². The molecule has 0 spiro atoms. The number of aromatic nitrogens is 4. The molecule has 0 aliphatic rings. The predicted octanol–water partition coefficient (Wildman–Crippen LogP) is 1.62. The summed E-state index contributed by atoms with van der Waals surface area (Å²) in [6.45, 7) is 0. The maximum Gasteiger partial charge on any atom is 0.307 e. The Morgan fingerprint density at radius 2 is 2.08 bits per heavy atom. The fourth-order valence-corrected chi connectivity index (χ4v) is 3.07. The van der Waals surface area contributed by atoms with E-state index in [0.29, 0.717) is 26.3 Å². The van der Waals surface area contributed by atoms with Gasteiger partial charge in [-0.1, -0.05) is 22.9 Å². The van der Waals surface area contributed by atoms with Crippen LogP contribution in [0.1, 0.15) is 4.88 Å². The van der Waals surface area contributed by atoms with Crippen LogP contribution in [0.15, 0.2) is 52.5 Å². The maximum atomic E-state index is 11.3. The van der Waals surface area contributed by atoms with E-state index in [4.69, 9.17) is 11.6 Å². The van der Waals surface area contributed by atoms with Gasteiger partial charge in [0.05, 0.1) is 16.8 Å². The number of benzene rings is 1. The van der Waals surface area contributed by atoms with Crippen LogP contribution in [-0.4, -0.2) is 24.7 Å². The molecule has 0 aliphatic carbocycles. The molecule has 124 valence electrons. The van der Waals surface area contributed by atoms with Gasteiger partial charge >= 0.3 is 4.87 Å². The summed E-state index contributed by atoms with van der Waals surface area (Å²) < 4.78 is 1.60. The second kappa shape index (κ2) is 6.15. The van der Waals surface area contributed by atoms with Crippen LogP contribution in [0.2, 0.25) is 5.02 Å².